The van der Waals surface area contributed by atoms with Gasteiger partial charge in [0.2, 0.25) is 0 Å². The molecule has 1 atom stereocenters. The molecule has 1 fully saturated rings. The predicted octanol–water partition coefficient (Wildman–Crippen LogP) is 2.40. The van der Waals surface area contributed by atoms with E-state index in [1.54, 1.807) is 0 Å². The number of nitrogens with zero attached hydrogens (tertiary/aromatic N) is 1. The average molecular weight is 286 g/mol. The lowest BCUT2D eigenvalue weighted by Gasteiger charge is -2.19. The minimum atomic E-state index is 0.283. The van der Waals surface area contributed by atoms with Gasteiger partial charge in [0.05, 0.1) is 6.10 Å². The maximum absolute atomic E-state index is 9.59. The summed E-state index contributed by atoms with van der Waals surface area (Å²) in [5, 5.41) is 13.0. The molecular formula is C17H24N3O+. The molecule has 3 rings (SSSR count). The van der Waals surface area contributed by atoms with Gasteiger partial charge in [-0.05, 0) is 49.7 Å². The number of aromatic amines is 1. The summed E-state index contributed by atoms with van der Waals surface area (Å²) in [5.41, 5.74) is 4.77. The molecule has 2 heterocycles. The molecule has 0 unspecified atom stereocenters. The summed E-state index contributed by atoms with van der Waals surface area (Å²) >= 11 is 0. The van der Waals surface area contributed by atoms with Crippen molar-refractivity contribution in [2.24, 2.45) is 0 Å². The molecule has 1 aliphatic carbocycles. The van der Waals surface area contributed by atoms with Gasteiger partial charge in [-0.3, -0.25) is 5.32 Å². The van der Waals surface area contributed by atoms with Gasteiger partial charge in [0.15, 0.2) is 0 Å². The Balaban J connectivity index is 1.89. The van der Waals surface area contributed by atoms with E-state index in [4.69, 9.17) is 4.74 Å². The van der Waals surface area contributed by atoms with Crippen molar-refractivity contribution >= 4 is 5.82 Å². The summed E-state index contributed by atoms with van der Waals surface area (Å²) < 4.78 is 5.66. The molecule has 21 heavy (non-hydrogen) atoms. The van der Waals surface area contributed by atoms with Gasteiger partial charge in [0.1, 0.15) is 23.9 Å². The third-order valence-corrected chi connectivity index (χ3v) is 4.66. The molecule has 1 saturated heterocycles. The first-order valence-corrected chi connectivity index (χ1v) is 8.19. The zero-order valence-electron chi connectivity index (χ0n) is 12.8. The zero-order chi connectivity index (χ0) is 14.7. The number of nitriles is 1. The highest BCUT2D eigenvalue weighted by molar-refractivity contribution is 5.56. The molecule has 0 aromatic carbocycles. The number of ether oxygens (including phenoxy) is 1. The Hall–Kier alpha value is -1.60. The number of anilines is 1. The lowest BCUT2D eigenvalue weighted by Crippen LogP contribution is -2.28. The van der Waals surface area contributed by atoms with Gasteiger partial charge in [0, 0.05) is 13.0 Å². The van der Waals surface area contributed by atoms with E-state index in [-0.39, 0.29) is 6.10 Å². The van der Waals surface area contributed by atoms with E-state index in [0.717, 1.165) is 56.6 Å². The van der Waals surface area contributed by atoms with Gasteiger partial charge < -0.3 is 4.74 Å². The van der Waals surface area contributed by atoms with Gasteiger partial charge >= 0.3 is 0 Å². The molecule has 2 N–H and O–H groups in total. The molecule has 1 aliphatic heterocycles. The van der Waals surface area contributed by atoms with Crippen molar-refractivity contribution in [3.05, 3.63) is 22.4 Å². The molecule has 4 heteroatoms. The van der Waals surface area contributed by atoms with E-state index in [2.05, 4.69) is 23.3 Å². The number of fused-ring (bicyclic) bond motifs is 1. The topological polar surface area (TPSA) is 59.2 Å². The first kappa shape index (κ1) is 14.3. The SMILES string of the molecule is CCc1[nH+]c(NC[C@@H]2CCCO2)c(C#N)c2c1CCCC2. The molecule has 4 nitrogen and oxygen atoms in total. The van der Waals surface area contributed by atoms with Crippen molar-refractivity contribution in [2.45, 2.75) is 58.0 Å². The third-order valence-electron chi connectivity index (χ3n) is 4.66. The summed E-state index contributed by atoms with van der Waals surface area (Å²) in [6.45, 7) is 3.83. The van der Waals surface area contributed by atoms with Crippen LogP contribution >= 0.6 is 0 Å². The molecule has 1 aromatic rings. The number of rotatable bonds is 4. The van der Waals surface area contributed by atoms with Crippen LogP contribution in [0.5, 0.6) is 0 Å². The number of pyridine rings is 1. The van der Waals surface area contributed by atoms with Crippen LogP contribution in [0.4, 0.5) is 5.82 Å². The van der Waals surface area contributed by atoms with Crippen LogP contribution in [0.2, 0.25) is 0 Å². The van der Waals surface area contributed by atoms with Crippen LogP contribution in [0.25, 0.3) is 0 Å². The van der Waals surface area contributed by atoms with E-state index in [0.29, 0.717) is 0 Å². The van der Waals surface area contributed by atoms with Gasteiger partial charge in [-0.1, -0.05) is 6.92 Å². The Bertz CT molecular complexity index is 556. The second-order valence-electron chi connectivity index (χ2n) is 6.00. The summed E-state index contributed by atoms with van der Waals surface area (Å²) in [6, 6.07) is 2.42. The predicted molar refractivity (Wildman–Crippen MR) is 81.2 cm³/mol. The summed E-state index contributed by atoms with van der Waals surface area (Å²) in [4.78, 5) is 3.48. The number of hydrogen-bond donors (Lipinski definition) is 1. The van der Waals surface area contributed by atoms with E-state index < -0.39 is 0 Å². The van der Waals surface area contributed by atoms with Crippen molar-refractivity contribution in [1.82, 2.24) is 0 Å². The molecule has 0 amide bonds. The highest BCUT2D eigenvalue weighted by Gasteiger charge is 2.26. The van der Waals surface area contributed by atoms with Crippen LogP contribution in [-0.2, 0) is 24.0 Å². The highest BCUT2D eigenvalue weighted by atomic mass is 16.5. The summed E-state index contributed by atoms with van der Waals surface area (Å²) in [6.07, 6.45) is 8.10. The van der Waals surface area contributed by atoms with Crippen molar-refractivity contribution in [3.8, 4) is 6.07 Å². The van der Waals surface area contributed by atoms with E-state index >= 15 is 0 Å². The van der Waals surface area contributed by atoms with Crippen molar-refractivity contribution in [1.29, 1.82) is 5.26 Å². The molecule has 0 saturated carbocycles. The molecule has 0 spiro atoms. The van der Waals surface area contributed by atoms with Crippen molar-refractivity contribution in [2.75, 3.05) is 18.5 Å². The second kappa shape index (κ2) is 6.44. The fourth-order valence-electron chi connectivity index (χ4n) is 3.53. The fraction of sp³-hybridized carbons (Fsp3) is 0.647. The van der Waals surface area contributed by atoms with Crippen LogP contribution < -0.4 is 10.3 Å². The largest absolute Gasteiger partial charge is 0.374 e. The van der Waals surface area contributed by atoms with Gasteiger partial charge in [0.25, 0.3) is 5.82 Å². The third kappa shape index (κ3) is 2.89. The lowest BCUT2D eigenvalue weighted by molar-refractivity contribution is -0.374. The molecular weight excluding hydrogens is 262 g/mol. The minimum Gasteiger partial charge on any atom is -0.374 e. The van der Waals surface area contributed by atoms with Gasteiger partial charge in [-0.15, -0.1) is 0 Å². The quantitative estimate of drug-likeness (QED) is 0.924. The smallest absolute Gasteiger partial charge is 0.290 e. The van der Waals surface area contributed by atoms with Gasteiger partial charge in [-0.2, -0.15) is 5.26 Å². The second-order valence-corrected chi connectivity index (χ2v) is 6.00. The van der Waals surface area contributed by atoms with Crippen LogP contribution in [0.15, 0.2) is 0 Å². The Morgan fingerprint density at radius 3 is 2.76 bits per heavy atom. The Morgan fingerprint density at radius 2 is 2.10 bits per heavy atom. The Labute approximate surface area is 126 Å². The number of aryl methyl sites for hydroxylation is 1. The van der Waals surface area contributed by atoms with Crippen LogP contribution in [-0.4, -0.2) is 19.3 Å². The van der Waals surface area contributed by atoms with E-state index in [1.165, 1.54) is 29.7 Å². The van der Waals surface area contributed by atoms with E-state index in [1.807, 2.05) is 0 Å². The van der Waals surface area contributed by atoms with Crippen LogP contribution in [0.1, 0.15) is 55.0 Å². The number of hydrogen-bond acceptors (Lipinski definition) is 3. The first-order chi connectivity index (χ1) is 10.3. The number of nitrogens with one attached hydrogen (secondary N) is 2. The van der Waals surface area contributed by atoms with Crippen LogP contribution in [0.3, 0.4) is 0 Å². The zero-order valence-corrected chi connectivity index (χ0v) is 12.8. The highest BCUT2D eigenvalue weighted by Crippen LogP contribution is 2.28. The summed E-state index contributed by atoms with van der Waals surface area (Å²) in [5.74, 6) is 0.894. The molecule has 1 aromatic heterocycles. The maximum Gasteiger partial charge on any atom is 0.290 e. The monoisotopic (exact) mass is 286 g/mol. The standard InChI is InChI=1S/C17H23N3O/c1-2-16-14-8-4-3-7-13(14)15(10-18)17(20-16)19-11-12-6-5-9-21-12/h12H,2-9,11H2,1H3,(H,19,20)/p+1/t12-/m0/s1. The maximum atomic E-state index is 9.59. The van der Waals surface area contributed by atoms with Crippen molar-refractivity contribution in [3.63, 3.8) is 0 Å². The van der Waals surface area contributed by atoms with Gasteiger partial charge in [-0.25, -0.2) is 4.98 Å². The molecule has 0 bridgehead atoms. The summed E-state index contributed by atoms with van der Waals surface area (Å²) in [7, 11) is 0. The number of H-pyrrole nitrogens is 1. The molecule has 2 aliphatic rings. The fourth-order valence-corrected chi connectivity index (χ4v) is 3.53. The van der Waals surface area contributed by atoms with Crippen LogP contribution in [0, 0.1) is 11.3 Å². The van der Waals surface area contributed by atoms with E-state index in [9.17, 15) is 5.26 Å². The first-order valence-electron chi connectivity index (χ1n) is 8.19. The lowest BCUT2D eigenvalue weighted by atomic mass is 9.87. The normalized spacial score (nSPS) is 20.9. The average Bonchev–Trinajstić information content (AvgIpc) is 3.05. The Kier molecular flexibility index (Phi) is 4.40. The van der Waals surface area contributed by atoms with Crippen molar-refractivity contribution < 1.29 is 9.72 Å². The minimum absolute atomic E-state index is 0.283. The molecule has 112 valence electrons. The molecule has 0 radical (unpaired) electrons. The Morgan fingerprint density at radius 1 is 1.29 bits per heavy atom. The number of aromatic nitrogens is 1.